The van der Waals surface area contributed by atoms with Gasteiger partial charge in [-0.2, -0.15) is 0 Å². The van der Waals surface area contributed by atoms with Crippen molar-refractivity contribution in [2.45, 2.75) is 13.0 Å². The van der Waals surface area contributed by atoms with Gasteiger partial charge in [-0.05, 0) is 12.5 Å². The van der Waals surface area contributed by atoms with E-state index in [1.807, 2.05) is 30.0 Å². The second-order valence-corrected chi connectivity index (χ2v) is 5.35. The largest absolute Gasteiger partial charge is 0.336 e. The molecule has 2 aliphatic heterocycles. The van der Waals surface area contributed by atoms with Crippen LogP contribution in [0.1, 0.15) is 27.9 Å². The fraction of sp³-hybridized carbons (Fsp3) is 0.267. The van der Waals surface area contributed by atoms with Gasteiger partial charge in [0.15, 0.2) is 5.82 Å². The number of aromatic nitrogens is 2. The minimum absolute atomic E-state index is 0.0272. The number of fused-ring (bicyclic) bond motifs is 3. The molecule has 0 aliphatic carbocycles. The molecule has 2 aliphatic rings. The number of anilines is 1. The molecule has 3 heterocycles. The number of benzene rings is 1. The number of hydrogen-bond acceptors (Lipinski definition) is 4. The van der Waals surface area contributed by atoms with E-state index in [1.54, 1.807) is 11.9 Å². The standard InChI is InChI=1S/C15H15N5O/c1-9-16-12-13(17-9)20-8-11(10-6-4-3-5-7-10)18-15(20)19(2)14(12)21/h3-7,11H,8H2,1-2H3,(H,16,17)/t11-/m0/s1. The molecule has 0 bridgehead atoms. The van der Waals surface area contributed by atoms with Gasteiger partial charge in [0.1, 0.15) is 11.5 Å². The lowest BCUT2D eigenvalue weighted by Gasteiger charge is -2.30. The molecule has 1 amide bonds. The van der Waals surface area contributed by atoms with Gasteiger partial charge in [-0.1, -0.05) is 30.3 Å². The molecule has 1 aromatic heterocycles. The number of carbonyl (C=O) groups excluding carboxylic acids is 1. The van der Waals surface area contributed by atoms with Crippen molar-refractivity contribution < 1.29 is 4.79 Å². The fourth-order valence-electron chi connectivity index (χ4n) is 2.89. The van der Waals surface area contributed by atoms with Gasteiger partial charge in [0.25, 0.3) is 5.91 Å². The minimum atomic E-state index is -0.0886. The van der Waals surface area contributed by atoms with Gasteiger partial charge in [-0.15, -0.1) is 0 Å². The van der Waals surface area contributed by atoms with Gasteiger partial charge in [-0.25, -0.2) is 9.98 Å². The monoisotopic (exact) mass is 281 g/mol. The topological polar surface area (TPSA) is 64.6 Å². The molecule has 0 radical (unpaired) electrons. The molecule has 21 heavy (non-hydrogen) atoms. The quantitative estimate of drug-likeness (QED) is 0.865. The second-order valence-electron chi connectivity index (χ2n) is 5.35. The maximum atomic E-state index is 12.4. The van der Waals surface area contributed by atoms with Gasteiger partial charge in [0.05, 0.1) is 12.6 Å². The molecule has 0 unspecified atom stereocenters. The normalized spacial score (nSPS) is 20.4. The first-order chi connectivity index (χ1) is 10.1. The summed E-state index contributed by atoms with van der Waals surface area (Å²) in [4.78, 5) is 28.2. The molecule has 1 N–H and O–H groups in total. The highest BCUT2D eigenvalue weighted by Crippen LogP contribution is 2.34. The number of aryl methyl sites for hydroxylation is 1. The summed E-state index contributed by atoms with van der Waals surface area (Å²) in [6, 6.07) is 10.2. The van der Waals surface area contributed by atoms with Crippen LogP contribution in [0.15, 0.2) is 35.3 Å². The van der Waals surface area contributed by atoms with Crippen LogP contribution < -0.4 is 4.90 Å². The molecule has 6 nitrogen and oxygen atoms in total. The number of carbonyl (C=O) groups is 1. The first-order valence-electron chi connectivity index (χ1n) is 6.90. The van der Waals surface area contributed by atoms with Crippen molar-refractivity contribution in [2.75, 3.05) is 18.5 Å². The second kappa shape index (κ2) is 4.18. The molecule has 2 aromatic rings. The molecule has 0 spiro atoms. The van der Waals surface area contributed by atoms with Crippen LogP contribution in [0, 0.1) is 6.92 Å². The lowest BCUT2D eigenvalue weighted by molar-refractivity contribution is 0.0860. The Hall–Kier alpha value is -2.63. The van der Waals surface area contributed by atoms with Gasteiger partial charge in [0, 0.05) is 7.05 Å². The summed E-state index contributed by atoms with van der Waals surface area (Å²) in [5.74, 6) is 2.01. The third kappa shape index (κ3) is 1.68. The average molecular weight is 281 g/mol. The zero-order valence-electron chi connectivity index (χ0n) is 11.9. The van der Waals surface area contributed by atoms with E-state index in [0.29, 0.717) is 24.0 Å². The number of H-pyrrole nitrogens is 1. The Balaban J connectivity index is 1.79. The number of imidazole rings is 1. The summed E-state index contributed by atoms with van der Waals surface area (Å²) >= 11 is 0. The van der Waals surface area contributed by atoms with Gasteiger partial charge in [0.2, 0.25) is 5.96 Å². The maximum absolute atomic E-state index is 12.4. The van der Waals surface area contributed by atoms with E-state index >= 15 is 0 Å². The lowest BCUT2D eigenvalue weighted by Crippen LogP contribution is -2.48. The summed E-state index contributed by atoms with van der Waals surface area (Å²) in [6.45, 7) is 2.56. The van der Waals surface area contributed by atoms with Crippen LogP contribution in [0.5, 0.6) is 0 Å². The van der Waals surface area contributed by atoms with E-state index in [9.17, 15) is 4.79 Å². The Morgan fingerprint density at radius 1 is 1.29 bits per heavy atom. The number of aromatic amines is 1. The van der Waals surface area contributed by atoms with Crippen molar-refractivity contribution in [1.82, 2.24) is 14.9 Å². The zero-order chi connectivity index (χ0) is 14.6. The third-order valence-corrected chi connectivity index (χ3v) is 3.93. The van der Waals surface area contributed by atoms with Crippen LogP contribution >= 0.6 is 0 Å². The smallest absolute Gasteiger partial charge is 0.280 e. The number of amides is 1. The van der Waals surface area contributed by atoms with E-state index in [0.717, 1.165) is 11.4 Å². The van der Waals surface area contributed by atoms with E-state index in [-0.39, 0.29) is 11.9 Å². The molecule has 0 fully saturated rings. The summed E-state index contributed by atoms with van der Waals surface area (Å²) in [7, 11) is 1.75. The molecular formula is C15H15N5O. The van der Waals surface area contributed by atoms with Crippen molar-refractivity contribution in [3.05, 3.63) is 47.4 Å². The number of guanidine groups is 1. The SMILES string of the molecule is Cc1nc2c([nH]1)C(=O)N(C)C1=N[C@H](c3ccccc3)CN12. The summed E-state index contributed by atoms with van der Waals surface area (Å²) in [5, 5.41) is 0. The third-order valence-electron chi connectivity index (χ3n) is 3.93. The number of hydrogen-bond donors (Lipinski definition) is 1. The number of nitrogens with zero attached hydrogens (tertiary/aromatic N) is 4. The van der Waals surface area contributed by atoms with Crippen LogP contribution in [0.25, 0.3) is 0 Å². The maximum Gasteiger partial charge on any atom is 0.280 e. The zero-order valence-corrected chi connectivity index (χ0v) is 11.9. The van der Waals surface area contributed by atoms with Crippen LogP contribution in [-0.2, 0) is 0 Å². The summed E-state index contributed by atoms with van der Waals surface area (Å²) in [5.41, 5.74) is 1.69. The average Bonchev–Trinajstić information content (AvgIpc) is 3.09. The van der Waals surface area contributed by atoms with Crippen LogP contribution in [0.2, 0.25) is 0 Å². The molecule has 106 valence electrons. The van der Waals surface area contributed by atoms with Gasteiger partial charge < -0.3 is 4.98 Å². The van der Waals surface area contributed by atoms with E-state index in [1.165, 1.54) is 0 Å². The highest BCUT2D eigenvalue weighted by atomic mass is 16.2. The molecule has 0 saturated heterocycles. The lowest BCUT2D eigenvalue weighted by atomic mass is 10.1. The number of rotatable bonds is 1. The molecule has 1 atom stereocenters. The van der Waals surface area contributed by atoms with Crippen molar-refractivity contribution in [2.24, 2.45) is 4.99 Å². The first-order valence-corrected chi connectivity index (χ1v) is 6.90. The van der Waals surface area contributed by atoms with Crippen LogP contribution in [0.3, 0.4) is 0 Å². The number of nitrogens with one attached hydrogen (secondary N) is 1. The first kappa shape index (κ1) is 12.1. The van der Waals surface area contributed by atoms with Crippen LogP contribution in [0.4, 0.5) is 5.82 Å². The summed E-state index contributed by atoms with van der Waals surface area (Å²) < 4.78 is 0. The Bertz CT molecular complexity index is 749. The van der Waals surface area contributed by atoms with E-state index < -0.39 is 0 Å². The van der Waals surface area contributed by atoms with Gasteiger partial charge in [-0.3, -0.25) is 14.6 Å². The molecule has 4 rings (SSSR count). The van der Waals surface area contributed by atoms with E-state index in [4.69, 9.17) is 4.99 Å². The van der Waals surface area contributed by atoms with Crippen molar-refractivity contribution in [3.8, 4) is 0 Å². The molecule has 0 saturated carbocycles. The Morgan fingerprint density at radius 3 is 2.81 bits per heavy atom. The molecular weight excluding hydrogens is 266 g/mol. The predicted molar refractivity (Wildman–Crippen MR) is 79.4 cm³/mol. The van der Waals surface area contributed by atoms with Crippen LogP contribution in [-0.4, -0.2) is 40.3 Å². The van der Waals surface area contributed by atoms with E-state index in [2.05, 4.69) is 22.1 Å². The Kier molecular flexibility index (Phi) is 2.42. The van der Waals surface area contributed by atoms with Gasteiger partial charge >= 0.3 is 0 Å². The predicted octanol–water partition coefficient (Wildman–Crippen LogP) is 1.72. The fourth-order valence-corrected chi connectivity index (χ4v) is 2.89. The summed E-state index contributed by atoms with van der Waals surface area (Å²) in [6.07, 6.45) is 0. The molecule has 6 heteroatoms. The minimum Gasteiger partial charge on any atom is -0.336 e. The molecule has 1 aromatic carbocycles. The Labute approximate surface area is 122 Å². The Morgan fingerprint density at radius 2 is 2.05 bits per heavy atom. The van der Waals surface area contributed by atoms with Crippen molar-refractivity contribution in [1.29, 1.82) is 0 Å². The van der Waals surface area contributed by atoms with Crippen molar-refractivity contribution >= 4 is 17.7 Å². The highest BCUT2D eigenvalue weighted by Gasteiger charge is 2.40. The highest BCUT2D eigenvalue weighted by molar-refractivity contribution is 6.17. The van der Waals surface area contributed by atoms with Crippen molar-refractivity contribution in [3.63, 3.8) is 0 Å². The number of aliphatic imine (C=N–C) groups is 1.